The van der Waals surface area contributed by atoms with Crippen LogP contribution in [0.2, 0.25) is 0 Å². The molecular weight excluding hydrogens is 353 g/mol. The minimum atomic E-state index is -0.718. The number of carbonyl (C=O) groups is 1. The van der Waals surface area contributed by atoms with Gasteiger partial charge in [-0.1, -0.05) is 0 Å². The van der Waals surface area contributed by atoms with E-state index in [1.54, 1.807) is 45.8 Å². The molecule has 0 aliphatic rings. The summed E-state index contributed by atoms with van der Waals surface area (Å²) in [4.78, 5) is 24.6. The second-order valence-corrected chi connectivity index (χ2v) is 7.17. The summed E-state index contributed by atoms with van der Waals surface area (Å²) in [6.45, 7) is 5.15. The Kier molecular flexibility index (Phi) is 5.68. The number of nitro groups is 1. The summed E-state index contributed by atoms with van der Waals surface area (Å²) >= 11 is 0. The van der Waals surface area contributed by atoms with Crippen LogP contribution in [-0.4, -0.2) is 30.6 Å². The van der Waals surface area contributed by atoms with E-state index in [-0.39, 0.29) is 22.6 Å². The number of hydrogen-bond acceptors (Lipinski definition) is 6. The van der Waals surface area contributed by atoms with Gasteiger partial charge in [-0.25, -0.2) is 9.18 Å². The van der Waals surface area contributed by atoms with E-state index in [4.69, 9.17) is 4.74 Å². The van der Waals surface area contributed by atoms with Crippen molar-refractivity contribution in [2.45, 2.75) is 26.4 Å². The molecule has 7 nitrogen and oxygen atoms in total. The van der Waals surface area contributed by atoms with Crippen LogP contribution in [0, 0.1) is 15.9 Å². The lowest BCUT2D eigenvalue weighted by Gasteiger charge is -2.19. The van der Waals surface area contributed by atoms with Gasteiger partial charge in [0.25, 0.3) is 5.69 Å². The first-order valence-corrected chi connectivity index (χ1v) is 8.23. The van der Waals surface area contributed by atoms with Gasteiger partial charge in [0, 0.05) is 25.8 Å². The van der Waals surface area contributed by atoms with E-state index in [0.717, 1.165) is 6.07 Å². The summed E-state index contributed by atoms with van der Waals surface area (Å²) in [5.74, 6) is -1.36. The lowest BCUT2D eigenvalue weighted by Crippen LogP contribution is -2.24. The van der Waals surface area contributed by atoms with Gasteiger partial charge < -0.3 is 15.0 Å². The molecule has 0 saturated carbocycles. The van der Waals surface area contributed by atoms with Gasteiger partial charge in [-0.05, 0) is 51.1 Å². The molecular formula is C19H22FN3O4. The number of carbonyl (C=O) groups excluding carboxylic acids is 1. The van der Waals surface area contributed by atoms with E-state index in [1.807, 2.05) is 0 Å². The maximum absolute atomic E-state index is 14.4. The first-order valence-electron chi connectivity index (χ1n) is 8.23. The van der Waals surface area contributed by atoms with Gasteiger partial charge >= 0.3 is 5.97 Å². The summed E-state index contributed by atoms with van der Waals surface area (Å²) in [5.41, 5.74) is -0.00741. The van der Waals surface area contributed by atoms with Crippen molar-refractivity contribution >= 4 is 28.7 Å². The van der Waals surface area contributed by atoms with Crippen LogP contribution in [-0.2, 0) is 4.74 Å². The molecule has 0 fully saturated rings. The second-order valence-electron chi connectivity index (χ2n) is 7.17. The van der Waals surface area contributed by atoms with Crippen molar-refractivity contribution in [2.24, 2.45) is 0 Å². The maximum atomic E-state index is 14.4. The van der Waals surface area contributed by atoms with Crippen molar-refractivity contribution in [2.75, 3.05) is 24.3 Å². The van der Waals surface area contributed by atoms with Gasteiger partial charge in [-0.3, -0.25) is 10.1 Å². The van der Waals surface area contributed by atoms with E-state index in [1.165, 1.54) is 24.3 Å². The SMILES string of the molecule is CN(C)c1ccc(Nc2ccc(C(=O)OC(C)(C)C)cc2F)c([N+](=O)[O-])c1. The van der Waals surface area contributed by atoms with Gasteiger partial charge in [0.2, 0.25) is 0 Å². The Hall–Kier alpha value is -3.16. The first kappa shape index (κ1) is 20.2. The number of hydrogen-bond donors (Lipinski definition) is 1. The van der Waals surface area contributed by atoms with Crippen LogP contribution in [0.5, 0.6) is 0 Å². The van der Waals surface area contributed by atoms with Crippen LogP contribution in [0.15, 0.2) is 36.4 Å². The number of benzene rings is 2. The highest BCUT2D eigenvalue weighted by molar-refractivity contribution is 5.90. The van der Waals surface area contributed by atoms with Gasteiger partial charge in [-0.2, -0.15) is 0 Å². The highest BCUT2D eigenvalue weighted by atomic mass is 19.1. The van der Waals surface area contributed by atoms with E-state index >= 15 is 0 Å². The van der Waals surface area contributed by atoms with Crippen molar-refractivity contribution in [1.82, 2.24) is 0 Å². The Bertz CT molecular complexity index is 876. The number of esters is 1. The van der Waals surface area contributed by atoms with Crippen molar-refractivity contribution in [3.05, 3.63) is 57.9 Å². The molecule has 0 amide bonds. The van der Waals surface area contributed by atoms with Gasteiger partial charge in [0.1, 0.15) is 17.1 Å². The highest BCUT2D eigenvalue weighted by Gasteiger charge is 2.20. The summed E-state index contributed by atoms with van der Waals surface area (Å²) in [7, 11) is 3.53. The third-order valence-electron chi connectivity index (χ3n) is 3.57. The van der Waals surface area contributed by atoms with Crippen LogP contribution in [0.25, 0.3) is 0 Å². The Morgan fingerprint density at radius 2 is 1.78 bits per heavy atom. The largest absolute Gasteiger partial charge is 0.456 e. The normalized spacial score (nSPS) is 11.0. The third kappa shape index (κ3) is 5.16. The van der Waals surface area contributed by atoms with Crippen LogP contribution in [0.4, 0.5) is 27.1 Å². The zero-order valence-electron chi connectivity index (χ0n) is 15.9. The van der Waals surface area contributed by atoms with Crippen LogP contribution in [0.1, 0.15) is 31.1 Å². The topological polar surface area (TPSA) is 84.7 Å². The van der Waals surface area contributed by atoms with Crippen molar-refractivity contribution in [3.8, 4) is 0 Å². The fraction of sp³-hybridized carbons (Fsp3) is 0.316. The van der Waals surface area contributed by atoms with Crippen LogP contribution in [0.3, 0.4) is 0 Å². The van der Waals surface area contributed by atoms with Crippen LogP contribution >= 0.6 is 0 Å². The molecule has 2 rings (SSSR count). The summed E-state index contributed by atoms with van der Waals surface area (Å²) < 4.78 is 19.6. The van der Waals surface area contributed by atoms with E-state index in [0.29, 0.717) is 5.69 Å². The molecule has 0 bridgehead atoms. The zero-order chi connectivity index (χ0) is 20.4. The predicted octanol–water partition coefficient (Wildman–Crippen LogP) is 4.50. The minimum Gasteiger partial charge on any atom is -0.456 e. The van der Waals surface area contributed by atoms with Crippen molar-refractivity contribution in [3.63, 3.8) is 0 Å². The van der Waals surface area contributed by atoms with Crippen LogP contribution < -0.4 is 10.2 Å². The predicted molar refractivity (Wildman–Crippen MR) is 102 cm³/mol. The Balaban J connectivity index is 2.31. The quantitative estimate of drug-likeness (QED) is 0.471. The smallest absolute Gasteiger partial charge is 0.338 e. The molecule has 27 heavy (non-hydrogen) atoms. The fourth-order valence-corrected chi connectivity index (χ4v) is 2.28. The fourth-order valence-electron chi connectivity index (χ4n) is 2.28. The number of nitrogens with zero attached hydrogens (tertiary/aromatic N) is 2. The molecule has 8 heteroatoms. The molecule has 2 aromatic carbocycles. The monoisotopic (exact) mass is 375 g/mol. The number of rotatable bonds is 5. The number of halogens is 1. The molecule has 144 valence electrons. The molecule has 0 saturated heterocycles. The van der Waals surface area contributed by atoms with E-state index in [2.05, 4.69) is 5.32 Å². The molecule has 0 aliphatic heterocycles. The molecule has 2 aromatic rings. The molecule has 1 N–H and O–H groups in total. The number of nitro benzene ring substituents is 1. The number of ether oxygens (including phenoxy) is 1. The Labute approximate surface area is 156 Å². The average molecular weight is 375 g/mol. The molecule has 0 aliphatic carbocycles. The first-order chi connectivity index (χ1) is 12.5. The summed E-state index contributed by atoms with van der Waals surface area (Å²) in [6.07, 6.45) is 0. The van der Waals surface area contributed by atoms with E-state index in [9.17, 15) is 19.3 Å². The standard InChI is InChI=1S/C19H22FN3O4/c1-19(2,3)27-18(24)12-6-8-15(14(20)10-12)21-16-9-7-13(22(4)5)11-17(16)23(25)26/h6-11,21H,1-5H3. The molecule has 0 spiro atoms. The number of nitrogens with one attached hydrogen (secondary N) is 1. The average Bonchev–Trinajstić information content (AvgIpc) is 2.54. The molecule has 0 atom stereocenters. The van der Waals surface area contributed by atoms with Gasteiger partial charge in [0.05, 0.1) is 16.2 Å². The zero-order valence-corrected chi connectivity index (χ0v) is 15.9. The molecule has 0 heterocycles. The van der Waals surface area contributed by atoms with Crippen molar-refractivity contribution < 1.29 is 18.8 Å². The van der Waals surface area contributed by atoms with Gasteiger partial charge in [0.15, 0.2) is 0 Å². The summed E-state index contributed by atoms with van der Waals surface area (Å²) in [5, 5.41) is 14.1. The van der Waals surface area contributed by atoms with E-state index < -0.39 is 22.3 Å². The molecule has 0 unspecified atom stereocenters. The van der Waals surface area contributed by atoms with Crippen molar-refractivity contribution in [1.29, 1.82) is 0 Å². The summed E-state index contributed by atoms with van der Waals surface area (Å²) in [6, 6.07) is 8.38. The Morgan fingerprint density at radius 1 is 1.15 bits per heavy atom. The third-order valence-corrected chi connectivity index (χ3v) is 3.57. The van der Waals surface area contributed by atoms with Gasteiger partial charge in [-0.15, -0.1) is 0 Å². The minimum absolute atomic E-state index is 0.0167. The lowest BCUT2D eigenvalue weighted by molar-refractivity contribution is -0.383. The lowest BCUT2D eigenvalue weighted by atomic mass is 10.1. The molecule has 0 radical (unpaired) electrons. The Morgan fingerprint density at radius 3 is 2.30 bits per heavy atom. The number of anilines is 3. The second kappa shape index (κ2) is 7.61. The highest BCUT2D eigenvalue weighted by Crippen LogP contribution is 2.32. The maximum Gasteiger partial charge on any atom is 0.338 e. The molecule has 0 aromatic heterocycles.